The molecule has 0 bridgehead atoms. The second-order valence-electron chi connectivity index (χ2n) is 8.03. The molecule has 2 aromatic heterocycles. The molecule has 3 heterocycles. The second kappa shape index (κ2) is 5.67. The minimum atomic E-state index is -3.44. The summed E-state index contributed by atoms with van der Waals surface area (Å²) in [4.78, 5) is 0. The number of rotatable bonds is 5. The summed E-state index contributed by atoms with van der Waals surface area (Å²) >= 11 is 0. The standard InChI is InChI=1S/C17H24N4O3S/c1-17(2)11-21(9-15(17)13-7-18-20(3)8-13)25(22,23)10-14-6-16(19-24-14)12-4-5-12/h6-8,12,15H,4-5,9-11H2,1-3H3. The molecule has 8 heteroatoms. The van der Waals surface area contributed by atoms with Gasteiger partial charge < -0.3 is 4.52 Å². The normalized spacial score (nSPS) is 24.0. The van der Waals surface area contributed by atoms with Crippen LogP contribution in [0.4, 0.5) is 0 Å². The number of aromatic nitrogens is 3. The van der Waals surface area contributed by atoms with Gasteiger partial charge in [-0.05, 0) is 23.8 Å². The Bertz CT molecular complexity index is 879. The lowest BCUT2D eigenvalue weighted by Crippen LogP contribution is -2.31. The Hall–Kier alpha value is -1.67. The number of sulfonamides is 1. The largest absolute Gasteiger partial charge is 0.360 e. The number of hydrogen-bond donors (Lipinski definition) is 0. The van der Waals surface area contributed by atoms with Crippen molar-refractivity contribution in [3.05, 3.63) is 35.5 Å². The van der Waals surface area contributed by atoms with Crippen LogP contribution in [0.15, 0.2) is 23.0 Å². The van der Waals surface area contributed by atoms with Crippen LogP contribution < -0.4 is 0 Å². The van der Waals surface area contributed by atoms with Crippen LogP contribution in [0.2, 0.25) is 0 Å². The lowest BCUT2D eigenvalue weighted by Gasteiger charge is -2.24. The molecule has 25 heavy (non-hydrogen) atoms. The van der Waals surface area contributed by atoms with Gasteiger partial charge in [0.15, 0.2) is 5.76 Å². The summed E-state index contributed by atoms with van der Waals surface area (Å²) in [6, 6.07) is 1.80. The molecule has 1 unspecified atom stereocenters. The van der Waals surface area contributed by atoms with Crippen molar-refractivity contribution in [2.24, 2.45) is 12.5 Å². The molecule has 1 saturated carbocycles. The van der Waals surface area contributed by atoms with Gasteiger partial charge in [0.1, 0.15) is 5.75 Å². The topological polar surface area (TPSA) is 81.2 Å². The van der Waals surface area contributed by atoms with Gasteiger partial charge in [-0.2, -0.15) is 5.10 Å². The van der Waals surface area contributed by atoms with Crippen molar-refractivity contribution in [2.75, 3.05) is 13.1 Å². The van der Waals surface area contributed by atoms with Crippen molar-refractivity contribution in [1.29, 1.82) is 0 Å². The Kier molecular flexibility index (Phi) is 3.81. The highest BCUT2D eigenvalue weighted by Crippen LogP contribution is 2.44. The van der Waals surface area contributed by atoms with Gasteiger partial charge in [0.2, 0.25) is 10.0 Å². The average molecular weight is 364 g/mol. The van der Waals surface area contributed by atoms with Gasteiger partial charge in [0.05, 0.1) is 11.9 Å². The third-order valence-corrected chi connectivity index (χ3v) is 7.05. The van der Waals surface area contributed by atoms with Crippen molar-refractivity contribution in [2.45, 2.75) is 44.3 Å². The van der Waals surface area contributed by atoms with Gasteiger partial charge in [-0.25, -0.2) is 12.7 Å². The van der Waals surface area contributed by atoms with Crippen LogP contribution in [0.3, 0.4) is 0 Å². The first-order valence-corrected chi connectivity index (χ1v) is 10.3. The second-order valence-corrected chi connectivity index (χ2v) is 10.00. The van der Waals surface area contributed by atoms with Crippen molar-refractivity contribution >= 4 is 10.0 Å². The molecule has 1 saturated heterocycles. The van der Waals surface area contributed by atoms with E-state index in [9.17, 15) is 8.42 Å². The van der Waals surface area contributed by atoms with Crippen molar-refractivity contribution < 1.29 is 12.9 Å². The first-order valence-electron chi connectivity index (χ1n) is 8.66. The van der Waals surface area contributed by atoms with Crippen molar-refractivity contribution in [1.82, 2.24) is 19.2 Å². The predicted molar refractivity (Wildman–Crippen MR) is 92.4 cm³/mol. The maximum Gasteiger partial charge on any atom is 0.221 e. The fraction of sp³-hybridized carbons (Fsp3) is 0.647. The molecule has 2 aliphatic rings. The van der Waals surface area contributed by atoms with Crippen LogP contribution in [0, 0.1) is 5.41 Å². The molecule has 0 spiro atoms. The lowest BCUT2D eigenvalue weighted by molar-refractivity contribution is 0.345. The van der Waals surface area contributed by atoms with Crippen LogP contribution in [0.1, 0.15) is 55.5 Å². The fourth-order valence-electron chi connectivity index (χ4n) is 3.71. The van der Waals surface area contributed by atoms with E-state index in [1.807, 2.05) is 19.4 Å². The van der Waals surface area contributed by atoms with Gasteiger partial charge >= 0.3 is 0 Å². The zero-order valence-electron chi connectivity index (χ0n) is 14.8. The molecule has 4 rings (SSSR count). The summed E-state index contributed by atoms with van der Waals surface area (Å²) in [6.07, 6.45) is 6.04. The summed E-state index contributed by atoms with van der Waals surface area (Å²) in [5.74, 6) is 0.904. The van der Waals surface area contributed by atoms with Crippen molar-refractivity contribution in [3.8, 4) is 0 Å². The highest BCUT2D eigenvalue weighted by molar-refractivity contribution is 7.88. The third-order valence-electron chi connectivity index (χ3n) is 5.33. The minimum Gasteiger partial charge on any atom is -0.360 e. The van der Waals surface area contributed by atoms with Crippen LogP contribution in [0.5, 0.6) is 0 Å². The minimum absolute atomic E-state index is 0.122. The molecule has 2 aromatic rings. The summed E-state index contributed by atoms with van der Waals surface area (Å²) < 4.78 is 34.4. The molecule has 7 nitrogen and oxygen atoms in total. The Morgan fingerprint density at radius 2 is 2.12 bits per heavy atom. The molecule has 136 valence electrons. The highest BCUT2D eigenvalue weighted by atomic mass is 32.2. The molecule has 0 aromatic carbocycles. The molecule has 0 radical (unpaired) electrons. The zero-order valence-corrected chi connectivity index (χ0v) is 15.7. The zero-order chi connectivity index (χ0) is 17.8. The van der Waals surface area contributed by atoms with E-state index < -0.39 is 10.0 Å². The molecular weight excluding hydrogens is 340 g/mol. The van der Waals surface area contributed by atoms with Gasteiger partial charge in [-0.1, -0.05) is 19.0 Å². The van der Waals surface area contributed by atoms with Crippen LogP contribution in [0.25, 0.3) is 0 Å². The van der Waals surface area contributed by atoms with Crippen molar-refractivity contribution in [3.63, 3.8) is 0 Å². The van der Waals surface area contributed by atoms with E-state index in [4.69, 9.17) is 4.52 Å². The quantitative estimate of drug-likeness (QED) is 0.813. The SMILES string of the molecule is Cn1cc(C2CN(S(=O)(=O)Cc3cc(C4CC4)no3)CC2(C)C)cn1. The number of hydrogen-bond acceptors (Lipinski definition) is 5. The van der Waals surface area contributed by atoms with E-state index in [1.165, 1.54) is 0 Å². The monoisotopic (exact) mass is 364 g/mol. The Morgan fingerprint density at radius 1 is 1.36 bits per heavy atom. The number of aryl methyl sites for hydroxylation is 1. The molecule has 1 aliphatic heterocycles. The van der Waals surface area contributed by atoms with E-state index in [1.54, 1.807) is 15.1 Å². The highest BCUT2D eigenvalue weighted by Gasteiger charge is 2.45. The van der Waals surface area contributed by atoms with Gasteiger partial charge in [-0.3, -0.25) is 4.68 Å². The average Bonchev–Trinajstić information content (AvgIpc) is 2.97. The van der Waals surface area contributed by atoms with Crippen LogP contribution in [-0.2, 0) is 22.8 Å². The van der Waals surface area contributed by atoms with E-state index in [0.717, 1.165) is 24.1 Å². The maximum absolute atomic E-state index is 12.9. The number of nitrogens with zero attached hydrogens (tertiary/aromatic N) is 4. The van der Waals surface area contributed by atoms with E-state index in [-0.39, 0.29) is 17.1 Å². The molecule has 1 atom stereocenters. The first-order chi connectivity index (χ1) is 11.7. The van der Waals surface area contributed by atoms with Crippen LogP contribution >= 0.6 is 0 Å². The summed E-state index contributed by atoms with van der Waals surface area (Å²) in [5.41, 5.74) is 1.83. The molecule has 0 N–H and O–H groups in total. The molecule has 0 amide bonds. The Labute approximate surface area is 148 Å². The maximum atomic E-state index is 12.9. The summed E-state index contributed by atoms with van der Waals surface area (Å²) in [7, 11) is -1.56. The first kappa shape index (κ1) is 16.8. The summed E-state index contributed by atoms with van der Waals surface area (Å²) in [6.45, 7) is 5.20. The van der Waals surface area contributed by atoms with E-state index in [2.05, 4.69) is 24.1 Å². The molecular formula is C17H24N4O3S. The molecule has 2 fully saturated rings. The van der Waals surface area contributed by atoms with E-state index >= 15 is 0 Å². The van der Waals surface area contributed by atoms with Gasteiger partial charge in [0.25, 0.3) is 0 Å². The lowest BCUT2D eigenvalue weighted by atomic mass is 9.79. The van der Waals surface area contributed by atoms with Gasteiger partial charge in [0, 0.05) is 44.2 Å². The van der Waals surface area contributed by atoms with Gasteiger partial charge in [-0.15, -0.1) is 0 Å². The fourth-order valence-corrected chi connectivity index (χ4v) is 5.29. The third kappa shape index (κ3) is 3.25. The molecule has 1 aliphatic carbocycles. The predicted octanol–water partition coefficient (Wildman–Crippen LogP) is 2.24. The summed E-state index contributed by atoms with van der Waals surface area (Å²) in [5, 5.41) is 8.25. The van der Waals surface area contributed by atoms with Crippen LogP contribution in [-0.4, -0.2) is 40.7 Å². The Morgan fingerprint density at radius 3 is 2.76 bits per heavy atom. The Balaban J connectivity index is 1.52. The smallest absolute Gasteiger partial charge is 0.221 e. The van der Waals surface area contributed by atoms with E-state index in [0.29, 0.717) is 24.8 Å².